The van der Waals surface area contributed by atoms with E-state index in [1.165, 1.54) is 12.0 Å². The molecule has 17 heavy (non-hydrogen) atoms. The smallest absolute Gasteiger partial charge is 0.108 e. The van der Waals surface area contributed by atoms with Gasteiger partial charge in [-0.3, -0.25) is 4.90 Å². The van der Waals surface area contributed by atoms with Crippen LogP contribution in [0.25, 0.3) is 0 Å². The molecule has 0 bridgehead atoms. The van der Waals surface area contributed by atoms with Crippen LogP contribution in [0.3, 0.4) is 0 Å². The number of nitrogens with zero attached hydrogens (tertiary/aromatic N) is 1. The fourth-order valence-corrected chi connectivity index (χ4v) is 2.97. The second-order valence-electron chi connectivity index (χ2n) is 5.80. The van der Waals surface area contributed by atoms with Crippen molar-refractivity contribution in [3.63, 3.8) is 0 Å². The highest BCUT2D eigenvalue weighted by molar-refractivity contribution is 5.35. The van der Waals surface area contributed by atoms with Crippen molar-refractivity contribution in [1.29, 1.82) is 0 Å². The molecule has 0 aromatic heterocycles. The van der Waals surface area contributed by atoms with Crippen molar-refractivity contribution in [3.8, 4) is 12.3 Å². The zero-order chi connectivity index (χ0) is 12.5. The molecule has 0 amide bonds. The third-order valence-corrected chi connectivity index (χ3v) is 3.68. The summed E-state index contributed by atoms with van der Waals surface area (Å²) in [6.45, 7) is 7.82. The molecule has 1 atom stereocenters. The molecule has 0 radical (unpaired) electrons. The van der Waals surface area contributed by atoms with Crippen LogP contribution in [0.5, 0.6) is 0 Å². The van der Waals surface area contributed by atoms with Crippen LogP contribution in [0.1, 0.15) is 39.2 Å². The molecule has 90 valence electrons. The monoisotopic (exact) mass is 227 g/mol. The number of rotatable bonds is 1. The van der Waals surface area contributed by atoms with E-state index in [0.717, 1.165) is 13.0 Å². The Morgan fingerprint density at radius 3 is 2.41 bits per heavy atom. The molecule has 1 aromatic rings. The zero-order valence-electron chi connectivity index (χ0n) is 11.0. The molecule has 1 aliphatic heterocycles. The highest BCUT2D eigenvalue weighted by Gasteiger charge is 2.45. The van der Waals surface area contributed by atoms with Crippen LogP contribution in [-0.2, 0) is 5.54 Å². The van der Waals surface area contributed by atoms with Gasteiger partial charge in [-0.1, -0.05) is 36.3 Å². The average Bonchev–Trinajstić information content (AvgIpc) is 2.75. The van der Waals surface area contributed by atoms with Crippen molar-refractivity contribution < 1.29 is 0 Å². The topological polar surface area (TPSA) is 3.24 Å². The Balaban J connectivity index is 2.48. The maximum absolute atomic E-state index is 5.90. The van der Waals surface area contributed by atoms with E-state index in [4.69, 9.17) is 6.42 Å². The van der Waals surface area contributed by atoms with E-state index >= 15 is 0 Å². The van der Waals surface area contributed by atoms with Gasteiger partial charge in [-0.2, -0.15) is 0 Å². The first-order chi connectivity index (χ1) is 8.00. The second kappa shape index (κ2) is 4.20. The summed E-state index contributed by atoms with van der Waals surface area (Å²) in [7, 11) is 0. The van der Waals surface area contributed by atoms with Crippen LogP contribution in [-0.4, -0.2) is 17.0 Å². The first-order valence-electron chi connectivity index (χ1n) is 6.32. The lowest BCUT2D eigenvalue weighted by atomic mass is 9.85. The van der Waals surface area contributed by atoms with E-state index in [1.807, 2.05) is 6.07 Å². The molecule has 0 N–H and O–H groups in total. The van der Waals surface area contributed by atoms with Crippen LogP contribution in [0.4, 0.5) is 0 Å². The van der Waals surface area contributed by atoms with Gasteiger partial charge in [0.15, 0.2) is 0 Å². The van der Waals surface area contributed by atoms with Gasteiger partial charge in [-0.15, -0.1) is 6.42 Å². The van der Waals surface area contributed by atoms with Crippen molar-refractivity contribution >= 4 is 0 Å². The van der Waals surface area contributed by atoms with E-state index in [-0.39, 0.29) is 11.1 Å². The van der Waals surface area contributed by atoms with E-state index < -0.39 is 0 Å². The van der Waals surface area contributed by atoms with E-state index in [9.17, 15) is 0 Å². The normalized spacial score (nSPS) is 25.8. The molecule has 1 aliphatic rings. The Morgan fingerprint density at radius 1 is 1.24 bits per heavy atom. The molecular formula is C16H21N. The maximum Gasteiger partial charge on any atom is 0.108 e. The summed E-state index contributed by atoms with van der Waals surface area (Å²) in [4.78, 5) is 2.47. The number of hydrogen-bond donors (Lipinski definition) is 0. The minimum Gasteiger partial charge on any atom is -0.279 e. The van der Waals surface area contributed by atoms with Gasteiger partial charge in [0.2, 0.25) is 0 Å². The lowest BCUT2D eigenvalue weighted by Gasteiger charge is -2.43. The number of terminal acetylenes is 1. The van der Waals surface area contributed by atoms with Crippen LogP contribution >= 0.6 is 0 Å². The molecule has 0 saturated carbocycles. The number of likely N-dealkylation sites (tertiary alicyclic amines) is 1. The first kappa shape index (κ1) is 12.2. The van der Waals surface area contributed by atoms with Gasteiger partial charge in [0.05, 0.1) is 0 Å². The van der Waals surface area contributed by atoms with Gasteiger partial charge < -0.3 is 0 Å². The fourth-order valence-electron chi connectivity index (χ4n) is 2.97. The van der Waals surface area contributed by atoms with Crippen molar-refractivity contribution in [2.45, 2.75) is 44.7 Å². The Labute approximate surface area is 105 Å². The van der Waals surface area contributed by atoms with Gasteiger partial charge in [-0.05, 0) is 39.2 Å². The predicted octanol–water partition coefficient (Wildman–Crippen LogP) is 3.41. The van der Waals surface area contributed by atoms with E-state index in [0.29, 0.717) is 0 Å². The molecule has 1 nitrogen and oxygen atoms in total. The molecule has 0 spiro atoms. The van der Waals surface area contributed by atoms with Crippen molar-refractivity contribution in [3.05, 3.63) is 35.9 Å². The highest BCUT2D eigenvalue weighted by Crippen LogP contribution is 2.42. The lowest BCUT2D eigenvalue weighted by Crippen LogP contribution is -2.50. The minimum absolute atomic E-state index is 0.110. The lowest BCUT2D eigenvalue weighted by molar-refractivity contribution is 0.0797. The average molecular weight is 227 g/mol. The van der Waals surface area contributed by atoms with Gasteiger partial charge >= 0.3 is 0 Å². The summed E-state index contributed by atoms with van der Waals surface area (Å²) in [5.41, 5.74) is 1.16. The van der Waals surface area contributed by atoms with E-state index in [2.05, 4.69) is 55.9 Å². The molecular weight excluding hydrogens is 206 g/mol. The summed E-state index contributed by atoms with van der Waals surface area (Å²) in [5.74, 6) is 3.08. The summed E-state index contributed by atoms with van der Waals surface area (Å²) in [6.07, 6.45) is 8.13. The largest absolute Gasteiger partial charge is 0.279 e. The SMILES string of the molecule is C#CC1(c2ccccc2)CCCN1C(C)(C)C. The summed E-state index contributed by atoms with van der Waals surface area (Å²) >= 11 is 0. The standard InChI is InChI=1S/C16H21N/c1-5-16(14-10-7-6-8-11-14)12-9-13-17(16)15(2,3)4/h1,6-8,10-11H,9,12-13H2,2-4H3. The van der Waals surface area contributed by atoms with E-state index in [1.54, 1.807) is 0 Å². The molecule has 1 heterocycles. The number of hydrogen-bond acceptors (Lipinski definition) is 1. The van der Waals surface area contributed by atoms with Gasteiger partial charge in [0.1, 0.15) is 5.54 Å². The molecule has 1 fully saturated rings. The molecule has 1 unspecified atom stereocenters. The highest BCUT2D eigenvalue weighted by atomic mass is 15.3. The van der Waals surface area contributed by atoms with Crippen LogP contribution < -0.4 is 0 Å². The summed E-state index contributed by atoms with van der Waals surface area (Å²) < 4.78 is 0. The fraction of sp³-hybridized carbons (Fsp3) is 0.500. The van der Waals surface area contributed by atoms with Crippen LogP contribution in [0, 0.1) is 12.3 Å². The Kier molecular flexibility index (Phi) is 3.02. The van der Waals surface area contributed by atoms with Crippen molar-refractivity contribution in [2.24, 2.45) is 0 Å². The Hall–Kier alpha value is -1.26. The predicted molar refractivity (Wildman–Crippen MR) is 72.6 cm³/mol. The molecule has 2 rings (SSSR count). The van der Waals surface area contributed by atoms with Gasteiger partial charge in [0, 0.05) is 12.1 Å². The third-order valence-electron chi connectivity index (χ3n) is 3.68. The maximum atomic E-state index is 5.90. The zero-order valence-corrected chi connectivity index (χ0v) is 11.0. The van der Waals surface area contributed by atoms with Crippen LogP contribution in [0.2, 0.25) is 0 Å². The molecule has 1 aromatic carbocycles. The number of benzene rings is 1. The van der Waals surface area contributed by atoms with Crippen molar-refractivity contribution in [1.82, 2.24) is 4.90 Å². The summed E-state index contributed by atoms with van der Waals surface area (Å²) in [5, 5.41) is 0. The Bertz CT molecular complexity index is 421. The summed E-state index contributed by atoms with van der Waals surface area (Å²) in [6, 6.07) is 10.5. The first-order valence-corrected chi connectivity index (χ1v) is 6.32. The molecule has 1 saturated heterocycles. The molecule has 0 aliphatic carbocycles. The van der Waals surface area contributed by atoms with Crippen LogP contribution in [0.15, 0.2) is 30.3 Å². The third kappa shape index (κ3) is 1.98. The quantitative estimate of drug-likeness (QED) is 0.665. The van der Waals surface area contributed by atoms with Crippen molar-refractivity contribution in [2.75, 3.05) is 6.54 Å². The second-order valence-corrected chi connectivity index (χ2v) is 5.80. The van der Waals surface area contributed by atoms with Gasteiger partial charge in [-0.25, -0.2) is 0 Å². The minimum atomic E-state index is -0.209. The van der Waals surface area contributed by atoms with Gasteiger partial charge in [0.25, 0.3) is 0 Å². The Morgan fingerprint density at radius 2 is 1.88 bits per heavy atom. The molecule has 1 heteroatoms.